The van der Waals surface area contributed by atoms with Crippen LogP contribution in [0.1, 0.15) is 65.5 Å². The fraction of sp³-hybridized carbons (Fsp3) is 0.536. The number of hydrogen-bond donors (Lipinski definition) is 2. The van der Waals surface area contributed by atoms with Crippen molar-refractivity contribution in [2.75, 3.05) is 5.32 Å². The summed E-state index contributed by atoms with van der Waals surface area (Å²) in [6.45, 7) is 10.4. The molecule has 4 rings (SSSR count). The molecule has 36 heavy (non-hydrogen) atoms. The third-order valence-electron chi connectivity index (χ3n) is 7.05. The summed E-state index contributed by atoms with van der Waals surface area (Å²) in [4.78, 5) is 4.93. The van der Waals surface area contributed by atoms with Crippen molar-refractivity contribution in [2.24, 2.45) is 17.8 Å². The van der Waals surface area contributed by atoms with Gasteiger partial charge < -0.3 is 19.7 Å². The molecule has 0 amide bonds. The quantitative estimate of drug-likeness (QED) is 0.348. The van der Waals surface area contributed by atoms with Crippen LogP contribution in [0, 0.1) is 17.8 Å². The third-order valence-corrected chi connectivity index (χ3v) is 7.05. The summed E-state index contributed by atoms with van der Waals surface area (Å²) >= 11 is 0. The number of imidazole rings is 1. The molecule has 0 bridgehead atoms. The van der Waals surface area contributed by atoms with E-state index in [2.05, 4.69) is 41.5 Å². The van der Waals surface area contributed by atoms with Gasteiger partial charge in [-0.05, 0) is 86.4 Å². The highest BCUT2D eigenvalue weighted by Gasteiger charge is 2.34. The zero-order chi connectivity index (χ0) is 26.3. The number of halogens is 3. The summed E-state index contributed by atoms with van der Waals surface area (Å²) in [6, 6.07) is 12.1. The normalized spacial score (nSPS) is 21.2. The van der Waals surface area contributed by atoms with Gasteiger partial charge in [-0.15, -0.1) is 13.2 Å². The van der Waals surface area contributed by atoms with E-state index in [4.69, 9.17) is 4.98 Å². The van der Waals surface area contributed by atoms with Gasteiger partial charge in [0.15, 0.2) is 0 Å². The lowest BCUT2D eigenvalue weighted by Gasteiger charge is -2.39. The summed E-state index contributed by atoms with van der Waals surface area (Å²) in [5.74, 6) is 1.97. The van der Waals surface area contributed by atoms with Gasteiger partial charge in [-0.1, -0.05) is 33.3 Å². The fourth-order valence-corrected chi connectivity index (χ4v) is 5.50. The van der Waals surface area contributed by atoms with E-state index in [9.17, 15) is 18.3 Å². The van der Waals surface area contributed by atoms with Gasteiger partial charge in [-0.25, -0.2) is 4.98 Å². The maximum Gasteiger partial charge on any atom is 0.573 e. The molecule has 0 spiro atoms. The first-order chi connectivity index (χ1) is 16.8. The number of ether oxygens (including phenoxy) is 1. The molecular formula is C28H36F3N3O2. The van der Waals surface area contributed by atoms with Crippen molar-refractivity contribution in [2.45, 2.75) is 78.3 Å². The Hall–Kier alpha value is -2.74. The highest BCUT2D eigenvalue weighted by Crippen LogP contribution is 2.44. The number of rotatable bonds is 7. The molecule has 1 aliphatic rings. The molecule has 5 nitrogen and oxygen atoms in total. The van der Waals surface area contributed by atoms with Crippen molar-refractivity contribution in [1.29, 1.82) is 0 Å². The molecule has 2 N–H and O–H groups in total. The molecule has 3 atom stereocenters. The Labute approximate surface area is 210 Å². The first kappa shape index (κ1) is 26.3. The number of nitrogens with zero attached hydrogens (tertiary/aromatic N) is 2. The summed E-state index contributed by atoms with van der Waals surface area (Å²) in [5, 5.41) is 13.7. The predicted molar refractivity (Wildman–Crippen MR) is 137 cm³/mol. The standard InChI is InChI=1S/C28H36F3N3O2/c1-17(2)22-12-6-18(3)14-25(22)34-24-13-7-19(16-27(4,5)35)15-23(24)33-26(34)32-20-8-10-21(11-9-20)36-28(29,30)31/h7-11,13,15,17-18,22,25,35H,6,12,14,16H2,1-5H3,(H,32,33)/t18-,22+,25-/m1/s1. The Kier molecular flexibility index (Phi) is 7.28. The molecule has 0 aliphatic heterocycles. The highest BCUT2D eigenvalue weighted by molar-refractivity contribution is 5.81. The maximum atomic E-state index is 12.6. The second-order valence-corrected chi connectivity index (χ2v) is 11.2. The minimum absolute atomic E-state index is 0.245. The molecule has 0 radical (unpaired) electrons. The van der Waals surface area contributed by atoms with E-state index in [1.807, 2.05) is 12.1 Å². The minimum Gasteiger partial charge on any atom is -0.406 e. The molecule has 1 heterocycles. The van der Waals surface area contributed by atoms with Crippen LogP contribution in [-0.2, 0) is 6.42 Å². The largest absolute Gasteiger partial charge is 0.573 e. The summed E-state index contributed by atoms with van der Waals surface area (Å²) in [6.07, 6.45) is -0.845. The summed E-state index contributed by atoms with van der Waals surface area (Å²) in [5.41, 5.74) is 2.63. The van der Waals surface area contributed by atoms with Gasteiger partial charge >= 0.3 is 6.36 Å². The monoisotopic (exact) mass is 503 g/mol. The Bertz CT molecular complexity index is 1180. The van der Waals surface area contributed by atoms with E-state index in [1.54, 1.807) is 26.0 Å². The number of aromatic nitrogens is 2. The SMILES string of the molecule is CC(C)[C@@H]1CC[C@@H](C)C[C@H]1n1c(Nc2ccc(OC(F)(F)F)cc2)nc2cc(CC(C)(C)O)ccc21. The van der Waals surface area contributed by atoms with E-state index in [1.165, 1.54) is 18.6 Å². The van der Waals surface area contributed by atoms with Crippen LogP contribution in [0.4, 0.5) is 24.8 Å². The number of alkyl halides is 3. The number of nitrogens with one attached hydrogen (secondary N) is 1. The van der Waals surface area contributed by atoms with Gasteiger partial charge in [0.25, 0.3) is 0 Å². The second kappa shape index (κ2) is 9.96. The molecular weight excluding hydrogens is 467 g/mol. The van der Waals surface area contributed by atoms with Crippen LogP contribution in [0.15, 0.2) is 42.5 Å². The van der Waals surface area contributed by atoms with Gasteiger partial charge in [0.2, 0.25) is 5.95 Å². The molecule has 1 aliphatic carbocycles. The van der Waals surface area contributed by atoms with Crippen molar-refractivity contribution < 1.29 is 23.0 Å². The van der Waals surface area contributed by atoms with Gasteiger partial charge in [0, 0.05) is 18.2 Å². The van der Waals surface area contributed by atoms with Gasteiger partial charge in [0.1, 0.15) is 5.75 Å². The van der Waals surface area contributed by atoms with Crippen molar-refractivity contribution >= 4 is 22.7 Å². The van der Waals surface area contributed by atoms with Crippen LogP contribution in [0.5, 0.6) is 5.75 Å². The van der Waals surface area contributed by atoms with Gasteiger partial charge in [-0.3, -0.25) is 0 Å². The molecule has 196 valence electrons. The van der Waals surface area contributed by atoms with Gasteiger partial charge in [0.05, 0.1) is 16.6 Å². The number of aliphatic hydroxyl groups is 1. The van der Waals surface area contributed by atoms with Crippen molar-refractivity contribution in [3.05, 3.63) is 48.0 Å². The Morgan fingerprint density at radius 1 is 1.11 bits per heavy atom. The van der Waals surface area contributed by atoms with E-state index >= 15 is 0 Å². The lowest BCUT2D eigenvalue weighted by molar-refractivity contribution is -0.274. The smallest absolute Gasteiger partial charge is 0.406 e. The molecule has 1 aromatic heterocycles. The zero-order valence-corrected chi connectivity index (χ0v) is 21.6. The molecule has 1 saturated carbocycles. The molecule has 0 saturated heterocycles. The highest BCUT2D eigenvalue weighted by atomic mass is 19.4. The fourth-order valence-electron chi connectivity index (χ4n) is 5.50. The van der Waals surface area contributed by atoms with Crippen LogP contribution < -0.4 is 10.1 Å². The number of anilines is 2. The molecule has 3 aromatic rings. The number of benzene rings is 2. The lowest BCUT2D eigenvalue weighted by Crippen LogP contribution is -2.30. The Balaban J connectivity index is 1.75. The molecule has 1 fully saturated rings. The first-order valence-electron chi connectivity index (χ1n) is 12.6. The van der Waals surface area contributed by atoms with E-state index in [0.717, 1.165) is 29.4 Å². The van der Waals surface area contributed by atoms with Crippen molar-refractivity contribution in [1.82, 2.24) is 9.55 Å². The van der Waals surface area contributed by atoms with E-state index in [0.29, 0.717) is 35.8 Å². The number of fused-ring (bicyclic) bond motifs is 1. The molecule has 8 heteroatoms. The first-order valence-corrected chi connectivity index (χ1v) is 12.6. The van der Waals surface area contributed by atoms with E-state index < -0.39 is 12.0 Å². The molecule has 2 aromatic carbocycles. The van der Waals surface area contributed by atoms with Crippen molar-refractivity contribution in [3.63, 3.8) is 0 Å². The summed E-state index contributed by atoms with van der Waals surface area (Å²) < 4.78 is 44.0. The average molecular weight is 504 g/mol. The zero-order valence-electron chi connectivity index (χ0n) is 21.6. The topological polar surface area (TPSA) is 59.3 Å². The van der Waals surface area contributed by atoms with Gasteiger partial charge in [-0.2, -0.15) is 0 Å². The van der Waals surface area contributed by atoms with Crippen LogP contribution >= 0.6 is 0 Å². The molecule has 0 unspecified atom stereocenters. The van der Waals surface area contributed by atoms with Crippen LogP contribution in [0.3, 0.4) is 0 Å². The van der Waals surface area contributed by atoms with Crippen LogP contribution in [0.2, 0.25) is 0 Å². The van der Waals surface area contributed by atoms with Crippen LogP contribution in [0.25, 0.3) is 11.0 Å². The van der Waals surface area contributed by atoms with Crippen molar-refractivity contribution in [3.8, 4) is 5.75 Å². The lowest BCUT2D eigenvalue weighted by atomic mass is 9.74. The number of hydrogen-bond acceptors (Lipinski definition) is 4. The summed E-state index contributed by atoms with van der Waals surface area (Å²) in [7, 11) is 0. The Morgan fingerprint density at radius 3 is 2.42 bits per heavy atom. The maximum absolute atomic E-state index is 12.6. The second-order valence-electron chi connectivity index (χ2n) is 11.2. The third kappa shape index (κ3) is 6.33. The van der Waals surface area contributed by atoms with E-state index in [-0.39, 0.29) is 11.8 Å². The average Bonchev–Trinajstić information content (AvgIpc) is 3.09. The predicted octanol–water partition coefficient (Wildman–Crippen LogP) is 7.63. The Morgan fingerprint density at radius 2 is 1.81 bits per heavy atom. The minimum atomic E-state index is -4.73. The van der Waals surface area contributed by atoms with Crippen LogP contribution in [-0.4, -0.2) is 26.6 Å².